The number of aromatic carboxylic acids is 1. The SMILES string of the molecule is COc1cc(Br)cc(OC)c1OCCOc1cccc(C(=O)O)c1. The Morgan fingerprint density at radius 3 is 2.25 bits per heavy atom. The van der Waals surface area contributed by atoms with E-state index in [9.17, 15) is 4.79 Å². The lowest BCUT2D eigenvalue weighted by atomic mass is 10.2. The van der Waals surface area contributed by atoms with Crippen LogP contribution in [0, 0.1) is 0 Å². The average molecular weight is 397 g/mol. The first-order chi connectivity index (χ1) is 11.5. The first-order valence-corrected chi connectivity index (χ1v) is 7.85. The van der Waals surface area contributed by atoms with Gasteiger partial charge in [-0.05, 0) is 30.3 Å². The molecule has 0 amide bonds. The number of benzene rings is 2. The smallest absolute Gasteiger partial charge is 0.335 e. The first kappa shape index (κ1) is 17.9. The quantitative estimate of drug-likeness (QED) is 0.686. The lowest BCUT2D eigenvalue weighted by Crippen LogP contribution is -2.10. The second kappa shape index (κ2) is 8.44. The van der Waals surface area contributed by atoms with Crippen molar-refractivity contribution in [3.05, 3.63) is 46.4 Å². The van der Waals surface area contributed by atoms with Crippen LogP contribution in [0.25, 0.3) is 0 Å². The molecule has 2 rings (SSSR count). The van der Waals surface area contributed by atoms with Gasteiger partial charge in [0.2, 0.25) is 5.75 Å². The molecule has 128 valence electrons. The van der Waals surface area contributed by atoms with Crippen molar-refractivity contribution in [2.24, 2.45) is 0 Å². The van der Waals surface area contributed by atoms with Crippen LogP contribution in [0.3, 0.4) is 0 Å². The highest BCUT2D eigenvalue weighted by molar-refractivity contribution is 9.10. The molecule has 0 radical (unpaired) electrons. The van der Waals surface area contributed by atoms with Crippen LogP contribution >= 0.6 is 15.9 Å². The minimum Gasteiger partial charge on any atom is -0.493 e. The van der Waals surface area contributed by atoms with Crippen molar-refractivity contribution in [3.8, 4) is 23.0 Å². The fraction of sp³-hybridized carbons (Fsp3) is 0.235. The number of methoxy groups -OCH3 is 2. The number of carboxylic acids is 1. The number of hydrogen-bond donors (Lipinski definition) is 1. The third kappa shape index (κ3) is 4.55. The minimum atomic E-state index is -0.999. The van der Waals surface area contributed by atoms with Crippen LogP contribution in [0.4, 0.5) is 0 Å². The summed E-state index contributed by atoms with van der Waals surface area (Å²) >= 11 is 3.37. The van der Waals surface area contributed by atoms with Gasteiger partial charge < -0.3 is 24.1 Å². The molecule has 0 saturated heterocycles. The lowest BCUT2D eigenvalue weighted by molar-refractivity contribution is 0.0696. The van der Waals surface area contributed by atoms with Crippen molar-refractivity contribution in [2.45, 2.75) is 0 Å². The summed E-state index contributed by atoms with van der Waals surface area (Å²) in [7, 11) is 3.09. The van der Waals surface area contributed by atoms with Crippen molar-refractivity contribution in [1.29, 1.82) is 0 Å². The number of ether oxygens (including phenoxy) is 4. The monoisotopic (exact) mass is 396 g/mol. The molecule has 6 nitrogen and oxygen atoms in total. The van der Waals surface area contributed by atoms with Crippen molar-refractivity contribution < 1.29 is 28.8 Å². The van der Waals surface area contributed by atoms with Gasteiger partial charge in [0.25, 0.3) is 0 Å². The molecule has 0 aliphatic carbocycles. The molecule has 0 fully saturated rings. The minimum absolute atomic E-state index is 0.171. The summed E-state index contributed by atoms with van der Waals surface area (Å²) in [6, 6.07) is 9.82. The molecule has 0 aromatic heterocycles. The second-order valence-electron chi connectivity index (χ2n) is 4.67. The number of carboxylic acid groups (broad SMARTS) is 1. The zero-order chi connectivity index (χ0) is 17.5. The van der Waals surface area contributed by atoms with Gasteiger partial charge >= 0.3 is 5.97 Å². The van der Waals surface area contributed by atoms with Gasteiger partial charge in [0.15, 0.2) is 11.5 Å². The van der Waals surface area contributed by atoms with Crippen molar-refractivity contribution in [2.75, 3.05) is 27.4 Å². The van der Waals surface area contributed by atoms with E-state index in [1.807, 2.05) is 0 Å². The molecule has 0 bridgehead atoms. The van der Waals surface area contributed by atoms with Crippen LogP contribution in [0.2, 0.25) is 0 Å². The lowest BCUT2D eigenvalue weighted by Gasteiger charge is -2.15. The fourth-order valence-electron chi connectivity index (χ4n) is 2.01. The number of hydrogen-bond acceptors (Lipinski definition) is 5. The van der Waals surface area contributed by atoms with E-state index in [4.69, 9.17) is 24.1 Å². The molecule has 1 N–H and O–H groups in total. The van der Waals surface area contributed by atoms with E-state index in [-0.39, 0.29) is 18.8 Å². The molecule has 2 aromatic carbocycles. The topological polar surface area (TPSA) is 74.2 Å². The molecule has 2 aromatic rings. The summed E-state index contributed by atoms with van der Waals surface area (Å²) in [4.78, 5) is 10.9. The molecule has 7 heteroatoms. The fourth-order valence-corrected chi connectivity index (χ4v) is 2.43. The predicted octanol–water partition coefficient (Wildman–Crippen LogP) is 3.62. The molecular formula is C17H17BrO6. The predicted molar refractivity (Wildman–Crippen MR) is 91.6 cm³/mol. The Hall–Kier alpha value is -2.41. The molecule has 0 saturated carbocycles. The van der Waals surface area contributed by atoms with Gasteiger partial charge in [-0.2, -0.15) is 0 Å². The molecule has 0 atom stereocenters. The Labute approximate surface area is 148 Å². The van der Waals surface area contributed by atoms with E-state index < -0.39 is 5.97 Å². The Kier molecular flexibility index (Phi) is 6.31. The third-order valence-electron chi connectivity index (χ3n) is 3.10. The third-order valence-corrected chi connectivity index (χ3v) is 3.56. The molecule has 24 heavy (non-hydrogen) atoms. The molecular weight excluding hydrogens is 380 g/mol. The van der Waals surface area contributed by atoms with Crippen LogP contribution in [-0.4, -0.2) is 38.5 Å². The maximum absolute atomic E-state index is 10.9. The summed E-state index contributed by atoms with van der Waals surface area (Å²) in [6.07, 6.45) is 0. The van der Waals surface area contributed by atoms with Crippen LogP contribution in [0.5, 0.6) is 23.0 Å². The summed E-state index contributed by atoms with van der Waals surface area (Å²) < 4.78 is 22.6. The van der Waals surface area contributed by atoms with Crippen LogP contribution in [-0.2, 0) is 0 Å². The Bertz CT molecular complexity index is 691. The van der Waals surface area contributed by atoms with E-state index in [0.717, 1.165) is 4.47 Å². The summed E-state index contributed by atoms with van der Waals surface area (Å²) in [5.74, 6) is 1.02. The van der Waals surface area contributed by atoms with Crippen LogP contribution in [0.15, 0.2) is 40.9 Å². The average Bonchev–Trinajstić information content (AvgIpc) is 2.59. The maximum Gasteiger partial charge on any atom is 0.335 e. The van der Waals surface area contributed by atoms with Gasteiger partial charge in [-0.25, -0.2) is 4.79 Å². The van der Waals surface area contributed by atoms with Crippen LogP contribution < -0.4 is 18.9 Å². The Morgan fingerprint density at radius 2 is 1.67 bits per heavy atom. The van der Waals surface area contributed by atoms with Crippen LogP contribution in [0.1, 0.15) is 10.4 Å². The highest BCUT2D eigenvalue weighted by atomic mass is 79.9. The van der Waals surface area contributed by atoms with Gasteiger partial charge in [0.05, 0.1) is 19.8 Å². The molecule has 0 spiro atoms. The van der Waals surface area contributed by atoms with Gasteiger partial charge in [0.1, 0.15) is 19.0 Å². The van der Waals surface area contributed by atoms with Crippen molar-refractivity contribution in [1.82, 2.24) is 0 Å². The Morgan fingerprint density at radius 1 is 1.04 bits per heavy atom. The van der Waals surface area contributed by atoms with Gasteiger partial charge in [0, 0.05) is 4.47 Å². The Balaban J connectivity index is 1.97. The molecule has 0 unspecified atom stereocenters. The number of rotatable bonds is 8. The highest BCUT2D eigenvalue weighted by Gasteiger charge is 2.13. The standard InChI is InChI=1S/C17H17BrO6/c1-21-14-9-12(18)10-15(22-2)16(14)24-7-6-23-13-5-3-4-11(8-13)17(19)20/h3-5,8-10H,6-7H2,1-2H3,(H,19,20). The van der Waals surface area contributed by atoms with E-state index in [1.54, 1.807) is 38.5 Å². The van der Waals surface area contributed by atoms with E-state index >= 15 is 0 Å². The first-order valence-electron chi connectivity index (χ1n) is 7.05. The van der Waals surface area contributed by atoms with Crippen molar-refractivity contribution >= 4 is 21.9 Å². The zero-order valence-corrected chi connectivity index (χ0v) is 14.8. The summed E-state index contributed by atoms with van der Waals surface area (Å²) in [5.41, 5.74) is 0.171. The van der Waals surface area contributed by atoms with Gasteiger partial charge in [-0.3, -0.25) is 0 Å². The second-order valence-corrected chi connectivity index (χ2v) is 5.59. The van der Waals surface area contributed by atoms with E-state index in [2.05, 4.69) is 15.9 Å². The molecule has 0 heterocycles. The highest BCUT2D eigenvalue weighted by Crippen LogP contribution is 2.40. The maximum atomic E-state index is 10.9. The van der Waals surface area contributed by atoms with Crippen molar-refractivity contribution in [3.63, 3.8) is 0 Å². The molecule has 0 aliphatic rings. The van der Waals surface area contributed by atoms with Gasteiger partial charge in [-0.1, -0.05) is 22.0 Å². The largest absolute Gasteiger partial charge is 0.493 e. The van der Waals surface area contributed by atoms with Gasteiger partial charge in [-0.15, -0.1) is 0 Å². The van der Waals surface area contributed by atoms with E-state index in [0.29, 0.717) is 23.0 Å². The number of halogens is 1. The normalized spacial score (nSPS) is 10.1. The molecule has 0 aliphatic heterocycles. The zero-order valence-electron chi connectivity index (χ0n) is 13.2. The summed E-state index contributed by atoms with van der Waals surface area (Å²) in [6.45, 7) is 0.483. The number of carbonyl (C=O) groups is 1. The van der Waals surface area contributed by atoms with E-state index in [1.165, 1.54) is 12.1 Å². The summed E-state index contributed by atoms with van der Waals surface area (Å²) in [5, 5.41) is 8.96.